The topological polar surface area (TPSA) is 87.0 Å². The average Bonchev–Trinajstić information content (AvgIpc) is 3.30. The highest BCUT2D eigenvalue weighted by Crippen LogP contribution is 2.23. The van der Waals surface area contributed by atoms with Gasteiger partial charge in [-0.15, -0.1) is 26.6 Å². The predicted molar refractivity (Wildman–Crippen MR) is 82.9 cm³/mol. The van der Waals surface area contributed by atoms with Crippen molar-refractivity contribution in [1.82, 2.24) is 20.0 Å². The smallest absolute Gasteiger partial charge is 0.418 e. The van der Waals surface area contributed by atoms with E-state index in [4.69, 9.17) is 8.83 Å². The highest BCUT2D eigenvalue weighted by Gasteiger charge is 2.15. The van der Waals surface area contributed by atoms with Gasteiger partial charge in [0.1, 0.15) is 12.4 Å². The van der Waals surface area contributed by atoms with Crippen LogP contribution in [-0.4, -0.2) is 20.0 Å². The first-order valence-electron chi connectivity index (χ1n) is 6.89. The van der Waals surface area contributed by atoms with Crippen LogP contribution in [0.2, 0.25) is 0 Å². The number of halogens is 1. The maximum Gasteiger partial charge on any atom is 0.437 e. The monoisotopic (exact) mass is 344 g/mol. The Morgan fingerprint density at radius 2 is 1.92 bits per heavy atom. The Bertz CT molecular complexity index is 1020. The van der Waals surface area contributed by atoms with Gasteiger partial charge in [-0.1, -0.05) is 6.07 Å². The molecule has 4 aromatic rings. The molecule has 0 saturated carbocycles. The average molecular weight is 344 g/mol. The summed E-state index contributed by atoms with van der Waals surface area (Å²) in [6.45, 7) is -0.0120. The Kier molecular flexibility index (Phi) is 3.54. The van der Waals surface area contributed by atoms with Crippen molar-refractivity contribution in [3.63, 3.8) is 0 Å². The van der Waals surface area contributed by atoms with E-state index in [0.29, 0.717) is 11.5 Å². The molecule has 0 unspecified atom stereocenters. The van der Waals surface area contributed by atoms with Crippen LogP contribution < -0.4 is 5.76 Å². The normalized spacial score (nSPS) is 11.0. The van der Waals surface area contributed by atoms with Crippen LogP contribution in [0.1, 0.15) is 5.89 Å². The summed E-state index contributed by atoms with van der Waals surface area (Å²) >= 11 is 1.47. The zero-order valence-electron chi connectivity index (χ0n) is 12.0. The van der Waals surface area contributed by atoms with Crippen LogP contribution in [0.25, 0.3) is 22.2 Å². The molecule has 0 aliphatic rings. The second-order valence-corrected chi connectivity index (χ2v) is 5.76. The van der Waals surface area contributed by atoms with Crippen molar-refractivity contribution in [2.24, 2.45) is 0 Å². The zero-order chi connectivity index (χ0) is 16.5. The Labute approximate surface area is 138 Å². The van der Waals surface area contributed by atoms with Gasteiger partial charge in [-0.05, 0) is 35.7 Å². The predicted octanol–water partition coefficient (Wildman–Crippen LogP) is 2.80. The Morgan fingerprint density at radius 3 is 2.67 bits per heavy atom. The van der Waals surface area contributed by atoms with E-state index in [2.05, 4.69) is 15.3 Å². The Hall–Kier alpha value is -3.07. The van der Waals surface area contributed by atoms with E-state index in [0.717, 1.165) is 9.56 Å². The molecule has 24 heavy (non-hydrogen) atoms. The molecule has 9 heteroatoms. The molecule has 0 radical (unpaired) electrons. The second-order valence-electron chi connectivity index (χ2n) is 4.82. The number of benzene rings is 1. The van der Waals surface area contributed by atoms with Crippen molar-refractivity contribution in [1.29, 1.82) is 0 Å². The van der Waals surface area contributed by atoms with E-state index in [1.807, 2.05) is 17.5 Å². The van der Waals surface area contributed by atoms with E-state index in [9.17, 15) is 9.18 Å². The minimum Gasteiger partial charge on any atom is -0.418 e. The van der Waals surface area contributed by atoms with Gasteiger partial charge in [0.25, 0.3) is 5.89 Å². The first-order valence-corrected chi connectivity index (χ1v) is 7.77. The first kappa shape index (κ1) is 14.5. The summed E-state index contributed by atoms with van der Waals surface area (Å²) in [7, 11) is 0. The summed E-state index contributed by atoms with van der Waals surface area (Å²) < 4.78 is 24.6. The summed E-state index contributed by atoms with van der Waals surface area (Å²) in [5.41, 5.74) is 0.497. The van der Waals surface area contributed by atoms with Crippen molar-refractivity contribution in [2.75, 3.05) is 0 Å². The molecule has 4 rings (SSSR count). The van der Waals surface area contributed by atoms with E-state index in [-0.39, 0.29) is 24.1 Å². The first-order chi connectivity index (χ1) is 11.7. The van der Waals surface area contributed by atoms with Crippen molar-refractivity contribution in [3.05, 3.63) is 64.0 Å². The molecule has 0 bridgehead atoms. The number of hydrogen-bond donors (Lipinski definition) is 0. The zero-order valence-corrected chi connectivity index (χ0v) is 12.9. The third-order valence-corrected chi connectivity index (χ3v) is 4.04. The van der Waals surface area contributed by atoms with E-state index in [1.54, 1.807) is 0 Å². The Balaban J connectivity index is 1.59. The van der Waals surface area contributed by atoms with Crippen LogP contribution in [0.4, 0.5) is 4.39 Å². The second kappa shape index (κ2) is 5.85. The maximum atomic E-state index is 12.9. The van der Waals surface area contributed by atoms with Gasteiger partial charge in [-0.2, -0.15) is 4.68 Å². The third kappa shape index (κ3) is 2.76. The Morgan fingerprint density at radius 1 is 1.08 bits per heavy atom. The molecule has 0 N–H and O–H groups in total. The molecule has 0 amide bonds. The van der Waals surface area contributed by atoms with Crippen LogP contribution in [0.3, 0.4) is 0 Å². The lowest BCUT2D eigenvalue weighted by Crippen LogP contribution is -2.16. The van der Waals surface area contributed by atoms with Crippen molar-refractivity contribution < 1.29 is 13.2 Å². The van der Waals surface area contributed by atoms with E-state index >= 15 is 0 Å². The fourth-order valence-electron chi connectivity index (χ4n) is 2.06. The summed E-state index contributed by atoms with van der Waals surface area (Å²) in [4.78, 5) is 12.7. The van der Waals surface area contributed by atoms with Gasteiger partial charge in [0.15, 0.2) is 0 Å². The number of aromatic nitrogens is 4. The van der Waals surface area contributed by atoms with E-state index in [1.165, 1.54) is 35.6 Å². The van der Waals surface area contributed by atoms with Gasteiger partial charge in [-0.3, -0.25) is 0 Å². The van der Waals surface area contributed by atoms with E-state index < -0.39 is 5.76 Å². The van der Waals surface area contributed by atoms with Gasteiger partial charge < -0.3 is 8.83 Å². The fourth-order valence-corrected chi connectivity index (χ4v) is 2.70. The quantitative estimate of drug-likeness (QED) is 0.566. The van der Waals surface area contributed by atoms with Crippen LogP contribution in [0.15, 0.2) is 55.4 Å². The number of nitrogens with zero attached hydrogens (tertiary/aromatic N) is 4. The van der Waals surface area contributed by atoms with Gasteiger partial charge >= 0.3 is 5.76 Å². The number of rotatable bonds is 4. The molecular formula is C15H9FN4O3S. The molecule has 3 heterocycles. The number of hydrogen-bond acceptors (Lipinski definition) is 7. The molecule has 7 nitrogen and oxygen atoms in total. The molecular weight excluding hydrogens is 335 g/mol. The molecule has 120 valence electrons. The highest BCUT2D eigenvalue weighted by atomic mass is 32.1. The lowest BCUT2D eigenvalue weighted by atomic mass is 10.2. The maximum absolute atomic E-state index is 12.9. The molecule has 1 aromatic carbocycles. The summed E-state index contributed by atoms with van der Waals surface area (Å²) in [5, 5.41) is 13.8. The standard InChI is InChI=1S/C15H9FN4O3S/c16-10-5-3-9(4-6-10)13-19-20(15(21)23-13)8-12-17-18-14(22-12)11-2-1-7-24-11/h1-7H,8H2. The molecule has 0 aliphatic carbocycles. The molecule has 0 aliphatic heterocycles. The van der Waals surface area contributed by atoms with Crippen LogP contribution in [0.5, 0.6) is 0 Å². The van der Waals surface area contributed by atoms with Crippen LogP contribution >= 0.6 is 11.3 Å². The number of thiophene rings is 1. The molecule has 0 spiro atoms. The summed E-state index contributed by atoms with van der Waals surface area (Å²) in [6.07, 6.45) is 0. The van der Waals surface area contributed by atoms with Gasteiger partial charge in [0, 0.05) is 5.56 Å². The largest absolute Gasteiger partial charge is 0.437 e. The minimum absolute atomic E-state index is 0.0120. The van der Waals surface area contributed by atoms with Gasteiger partial charge in [0.2, 0.25) is 11.8 Å². The van der Waals surface area contributed by atoms with Gasteiger partial charge in [-0.25, -0.2) is 9.18 Å². The highest BCUT2D eigenvalue weighted by molar-refractivity contribution is 7.13. The SMILES string of the molecule is O=c1oc(-c2ccc(F)cc2)nn1Cc1nnc(-c2cccs2)o1. The fraction of sp³-hybridized carbons (Fsp3) is 0.0667. The molecule has 0 atom stereocenters. The summed E-state index contributed by atoms with van der Waals surface area (Å²) in [5.74, 6) is -0.328. The summed E-state index contributed by atoms with van der Waals surface area (Å²) in [6, 6.07) is 9.22. The molecule has 0 saturated heterocycles. The van der Waals surface area contributed by atoms with Crippen molar-refractivity contribution in [2.45, 2.75) is 6.54 Å². The van der Waals surface area contributed by atoms with Crippen LogP contribution in [0, 0.1) is 5.82 Å². The molecule has 3 aromatic heterocycles. The van der Waals surface area contributed by atoms with Crippen LogP contribution in [-0.2, 0) is 6.54 Å². The molecule has 0 fully saturated rings. The van der Waals surface area contributed by atoms with Crippen molar-refractivity contribution >= 4 is 11.3 Å². The third-order valence-electron chi connectivity index (χ3n) is 3.18. The lowest BCUT2D eigenvalue weighted by molar-refractivity contribution is 0.445. The lowest BCUT2D eigenvalue weighted by Gasteiger charge is -1.94. The van der Waals surface area contributed by atoms with Gasteiger partial charge in [0.05, 0.1) is 4.88 Å². The van der Waals surface area contributed by atoms with Crippen molar-refractivity contribution in [3.8, 4) is 22.2 Å². The minimum atomic E-state index is -0.662.